The van der Waals surface area contributed by atoms with Gasteiger partial charge < -0.3 is 20.7 Å². The molecule has 4 N–H and O–H groups in total. The van der Waals surface area contributed by atoms with Crippen molar-refractivity contribution in [2.24, 2.45) is 4.99 Å². The molecule has 2 aromatic rings. The molecule has 1 atom stereocenters. The third-order valence-electron chi connectivity index (χ3n) is 4.37. The number of aliphatic hydroxyl groups is 1. The van der Waals surface area contributed by atoms with E-state index in [1.165, 1.54) is 12.1 Å². The van der Waals surface area contributed by atoms with Crippen LogP contribution in [0.3, 0.4) is 0 Å². The van der Waals surface area contributed by atoms with Crippen molar-refractivity contribution in [3.05, 3.63) is 35.8 Å². The molecule has 0 aliphatic carbocycles. The maximum atomic E-state index is 13.3. The highest BCUT2D eigenvalue weighted by Gasteiger charge is 2.31. The predicted molar refractivity (Wildman–Crippen MR) is 118 cm³/mol. The molecular formula is C18H26FIN4OS. The molecule has 3 rings (SSSR count). The third kappa shape index (κ3) is 5.50. The normalized spacial score (nSPS) is 20.2. The van der Waals surface area contributed by atoms with Crippen molar-refractivity contribution in [3.8, 4) is 0 Å². The van der Waals surface area contributed by atoms with Gasteiger partial charge in [-0.2, -0.15) is 11.8 Å². The van der Waals surface area contributed by atoms with Gasteiger partial charge in [0.25, 0.3) is 0 Å². The molecule has 2 heterocycles. The van der Waals surface area contributed by atoms with Gasteiger partial charge in [-0.05, 0) is 49.3 Å². The third-order valence-corrected chi connectivity index (χ3v) is 5.61. The molecule has 26 heavy (non-hydrogen) atoms. The van der Waals surface area contributed by atoms with Gasteiger partial charge in [0.05, 0.1) is 12.1 Å². The standard InChI is InChI=1S/C18H25FN4OS.HI/c1-2-20-17(23-11-18(24)6-8-25-12-18)21-7-5-13-10-22-16-9-14(19)3-4-15(13)16;/h3-4,9-10,22,24H,2,5-8,11-12H2,1H3,(H2,20,21,23);1H. The number of hydrogen-bond acceptors (Lipinski definition) is 3. The van der Waals surface area contributed by atoms with Crippen LogP contribution in [0.25, 0.3) is 10.9 Å². The molecule has 5 nitrogen and oxygen atoms in total. The lowest BCUT2D eigenvalue weighted by Gasteiger charge is -2.19. The Hall–Kier alpha value is -1.00. The van der Waals surface area contributed by atoms with Crippen LogP contribution in [0, 0.1) is 5.82 Å². The van der Waals surface area contributed by atoms with Crippen molar-refractivity contribution in [1.82, 2.24) is 15.6 Å². The number of H-pyrrole nitrogens is 1. The molecule has 0 amide bonds. The van der Waals surface area contributed by atoms with E-state index in [-0.39, 0.29) is 29.8 Å². The van der Waals surface area contributed by atoms with Gasteiger partial charge in [0.15, 0.2) is 5.96 Å². The van der Waals surface area contributed by atoms with Crippen molar-refractivity contribution in [2.75, 3.05) is 31.1 Å². The Bertz CT molecular complexity index is 746. The van der Waals surface area contributed by atoms with Crippen molar-refractivity contribution in [2.45, 2.75) is 25.4 Å². The predicted octanol–water partition coefficient (Wildman–Crippen LogP) is 2.89. The van der Waals surface area contributed by atoms with Crippen LogP contribution in [0.1, 0.15) is 18.9 Å². The van der Waals surface area contributed by atoms with Crippen molar-refractivity contribution >= 4 is 52.6 Å². The Morgan fingerprint density at radius 1 is 1.42 bits per heavy atom. The zero-order valence-electron chi connectivity index (χ0n) is 14.8. The van der Waals surface area contributed by atoms with Crippen LogP contribution < -0.4 is 10.6 Å². The van der Waals surface area contributed by atoms with Gasteiger partial charge in [0, 0.05) is 35.9 Å². The maximum absolute atomic E-state index is 13.3. The summed E-state index contributed by atoms with van der Waals surface area (Å²) in [5.41, 5.74) is 1.29. The number of thioether (sulfide) groups is 1. The van der Waals surface area contributed by atoms with Crippen LogP contribution in [-0.4, -0.2) is 52.8 Å². The summed E-state index contributed by atoms with van der Waals surface area (Å²) >= 11 is 1.77. The molecular weight excluding hydrogens is 466 g/mol. The fourth-order valence-electron chi connectivity index (χ4n) is 2.97. The Labute approximate surface area is 174 Å². The van der Waals surface area contributed by atoms with Crippen LogP contribution in [0.5, 0.6) is 0 Å². The fourth-order valence-corrected chi connectivity index (χ4v) is 4.25. The minimum absolute atomic E-state index is 0. The summed E-state index contributed by atoms with van der Waals surface area (Å²) in [4.78, 5) is 7.64. The lowest BCUT2D eigenvalue weighted by Crippen LogP contribution is -2.40. The van der Waals surface area contributed by atoms with Gasteiger partial charge in [-0.15, -0.1) is 24.0 Å². The molecule has 0 spiro atoms. The van der Waals surface area contributed by atoms with E-state index < -0.39 is 5.60 Å². The fraction of sp³-hybridized carbons (Fsp3) is 0.500. The topological polar surface area (TPSA) is 72.4 Å². The molecule has 1 aliphatic rings. The highest BCUT2D eigenvalue weighted by Crippen LogP contribution is 2.27. The Kier molecular flexibility index (Phi) is 8.03. The molecule has 1 fully saturated rings. The first-order valence-corrected chi connectivity index (χ1v) is 9.83. The lowest BCUT2D eigenvalue weighted by atomic mass is 10.1. The van der Waals surface area contributed by atoms with Gasteiger partial charge in [0.1, 0.15) is 5.82 Å². The molecule has 1 saturated heterocycles. The average molecular weight is 492 g/mol. The Morgan fingerprint density at radius 2 is 2.27 bits per heavy atom. The number of fused-ring (bicyclic) bond motifs is 1. The molecule has 1 aromatic heterocycles. The van der Waals surface area contributed by atoms with E-state index in [2.05, 4.69) is 20.6 Å². The number of guanidine groups is 1. The van der Waals surface area contributed by atoms with Gasteiger partial charge in [-0.25, -0.2) is 4.39 Å². The molecule has 0 saturated carbocycles. The Balaban J connectivity index is 0.00000243. The van der Waals surface area contributed by atoms with Crippen molar-refractivity contribution < 1.29 is 9.50 Å². The van der Waals surface area contributed by atoms with Gasteiger partial charge >= 0.3 is 0 Å². The van der Waals surface area contributed by atoms with Crippen LogP contribution in [-0.2, 0) is 6.42 Å². The number of aromatic amines is 1. The first kappa shape index (κ1) is 21.3. The minimum Gasteiger partial charge on any atom is -0.387 e. The highest BCUT2D eigenvalue weighted by atomic mass is 127. The van der Waals surface area contributed by atoms with Crippen LogP contribution in [0.4, 0.5) is 4.39 Å². The second-order valence-corrected chi connectivity index (χ2v) is 7.51. The molecule has 8 heteroatoms. The second kappa shape index (κ2) is 9.80. The van der Waals surface area contributed by atoms with E-state index >= 15 is 0 Å². The number of aliphatic imine (C=N–C) groups is 1. The second-order valence-electron chi connectivity index (χ2n) is 6.40. The lowest BCUT2D eigenvalue weighted by molar-refractivity contribution is 0.0778. The van der Waals surface area contributed by atoms with Crippen LogP contribution in [0.2, 0.25) is 0 Å². The molecule has 1 aliphatic heterocycles. The number of halogens is 2. The van der Waals surface area contributed by atoms with E-state index in [0.717, 1.165) is 53.3 Å². The average Bonchev–Trinajstić information content (AvgIpc) is 3.19. The van der Waals surface area contributed by atoms with Crippen LogP contribution in [0.15, 0.2) is 29.4 Å². The largest absolute Gasteiger partial charge is 0.387 e. The number of rotatable bonds is 6. The molecule has 0 bridgehead atoms. The molecule has 144 valence electrons. The SMILES string of the molecule is CCNC(=NCC1(O)CCSC1)NCCc1c[nH]c2cc(F)ccc12.I. The molecule has 0 radical (unpaired) electrons. The summed E-state index contributed by atoms with van der Waals surface area (Å²) in [6, 6.07) is 4.81. The number of nitrogens with zero attached hydrogens (tertiary/aromatic N) is 1. The summed E-state index contributed by atoms with van der Waals surface area (Å²) in [6.07, 6.45) is 3.52. The van der Waals surface area contributed by atoms with E-state index in [0.29, 0.717) is 13.1 Å². The minimum atomic E-state index is -0.673. The van der Waals surface area contributed by atoms with E-state index in [1.807, 2.05) is 19.2 Å². The van der Waals surface area contributed by atoms with Gasteiger partial charge in [0.2, 0.25) is 0 Å². The summed E-state index contributed by atoms with van der Waals surface area (Å²) in [5.74, 6) is 2.24. The quantitative estimate of drug-likeness (QED) is 0.285. The Morgan fingerprint density at radius 3 is 3.00 bits per heavy atom. The molecule has 1 aromatic carbocycles. The van der Waals surface area contributed by atoms with E-state index in [1.54, 1.807) is 11.8 Å². The summed E-state index contributed by atoms with van der Waals surface area (Å²) in [6.45, 7) is 3.92. The number of hydrogen-bond donors (Lipinski definition) is 4. The monoisotopic (exact) mass is 492 g/mol. The van der Waals surface area contributed by atoms with Gasteiger partial charge in [-0.1, -0.05) is 0 Å². The van der Waals surface area contributed by atoms with Gasteiger partial charge in [-0.3, -0.25) is 4.99 Å². The van der Waals surface area contributed by atoms with E-state index in [4.69, 9.17) is 0 Å². The highest BCUT2D eigenvalue weighted by molar-refractivity contribution is 14.0. The maximum Gasteiger partial charge on any atom is 0.191 e. The van der Waals surface area contributed by atoms with E-state index in [9.17, 15) is 9.50 Å². The van der Waals surface area contributed by atoms with Crippen molar-refractivity contribution in [1.29, 1.82) is 0 Å². The number of nitrogens with one attached hydrogen (secondary N) is 3. The smallest absolute Gasteiger partial charge is 0.191 e. The first-order valence-electron chi connectivity index (χ1n) is 8.67. The number of aromatic nitrogens is 1. The summed E-state index contributed by atoms with van der Waals surface area (Å²) < 4.78 is 13.3. The van der Waals surface area contributed by atoms with Crippen molar-refractivity contribution in [3.63, 3.8) is 0 Å². The number of benzene rings is 1. The summed E-state index contributed by atoms with van der Waals surface area (Å²) in [7, 11) is 0. The summed E-state index contributed by atoms with van der Waals surface area (Å²) in [5, 5.41) is 18.0. The zero-order valence-corrected chi connectivity index (χ0v) is 18.0. The van der Waals surface area contributed by atoms with Crippen LogP contribution >= 0.6 is 35.7 Å². The molecule has 1 unspecified atom stereocenters. The first-order chi connectivity index (χ1) is 12.1. The zero-order chi connectivity index (χ0) is 17.7.